The molecular weight excluding hydrogens is 235 g/mol. The van der Waals surface area contributed by atoms with Crippen LogP contribution in [0.4, 0.5) is 13.2 Å². The normalized spacial score (nSPS) is 14.4. The Hall–Kier alpha value is -1.08. The molecule has 7 heteroatoms. The van der Waals surface area contributed by atoms with Crippen molar-refractivity contribution in [3.8, 4) is 0 Å². The smallest absolute Gasteiger partial charge is 0.395 e. The van der Waals surface area contributed by atoms with E-state index in [0.29, 0.717) is 0 Å². The van der Waals surface area contributed by atoms with Crippen LogP contribution in [0.3, 0.4) is 0 Å². The third kappa shape index (κ3) is 3.19. The van der Waals surface area contributed by atoms with E-state index in [1.807, 2.05) is 0 Å². The largest absolute Gasteiger partial charge is 0.433 e. The zero-order valence-corrected chi connectivity index (χ0v) is 9.99. The molecule has 0 radical (unpaired) electrons. The number of aromatic nitrogens is 2. The SMILES string of the molecule is CC(CO)N(C)Cc1cnn(C)c1C(F)(F)F. The van der Waals surface area contributed by atoms with Crippen molar-refractivity contribution in [1.29, 1.82) is 0 Å². The Morgan fingerprint density at radius 3 is 2.59 bits per heavy atom. The highest BCUT2D eigenvalue weighted by Crippen LogP contribution is 2.32. The molecule has 98 valence electrons. The summed E-state index contributed by atoms with van der Waals surface area (Å²) in [6.07, 6.45) is -3.20. The van der Waals surface area contributed by atoms with E-state index < -0.39 is 11.9 Å². The molecule has 1 unspecified atom stereocenters. The molecule has 0 aliphatic rings. The minimum atomic E-state index is -4.41. The molecule has 0 saturated heterocycles. The number of aliphatic hydroxyl groups excluding tert-OH is 1. The summed E-state index contributed by atoms with van der Waals surface area (Å²) >= 11 is 0. The number of nitrogens with zero attached hydrogens (tertiary/aromatic N) is 3. The van der Waals surface area contributed by atoms with E-state index in [4.69, 9.17) is 5.11 Å². The van der Waals surface area contributed by atoms with Crippen molar-refractivity contribution in [2.75, 3.05) is 13.7 Å². The van der Waals surface area contributed by atoms with Crippen LogP contribution in [0.25, 0.3) is 0 Å². The first-order chi connectivity index (χ1) is 7.77. The second-order valence-electron chi connectivity index (χ2n) is 4.09. The fraction of sp³-hybridized carbons (Fsp3) is 0.700. The topological polar surface area (TPSA) is 41.3 Å². The van der Waals surface area contributed by atoms with Gasteiger partial charge in [-0.2, -0.15) is 18.3 Å². The zero-order chi connectivity index (χ0) is 13.2. The van der Waals surface area contributed by atoms with Gasteiger partial charge in [-0.15, -0.1) is 0 Å². The number of hydrogen-bond donors (Lipinski definition) is 1. The van der Waals surface area contributed by atoms with Gasteiger partial charge in [0.05, 0.1) is 12.8 Å². The van der Waals surface area contributed by atoms with Gasteiger partial charge in [0.2, 0.25) is 0 Å². The first kappa shape index (κ1) is 14.0. The maximum Gasteiger partial charge on any atom is 0.433 e. The lowest BCUT2D eigenvalue weighted by molar-refractivity contribution is -0.144. The number of halogens is 3. The molecular formula is C10H16F3N3O. The van der Waals surface area contributed by atoms with Crippen LogP contribution in [-0.4, -0.2) is 39.5 Å². The van der Waals surface area contributed by atoms with Crippen molar-refractivity contribution in [3.63, 3.8) is 0 Å². The van der Waals surface area contributed by atoms with Gasteiger partial charge in [0, 0.05) is 25.2 Å². The lowest BCUT2D eigenvalue weighted by Crippen LogP contribution is -2.32. The van der Waals surface area contributed by atoms with Crippen molar-refractivity contribution in [3.05, 3.63) is 17.5 Å². The van der Waals surface area contributed by atoms with E-state index in [0.717, 1.165) is 4.68 Å². The van der Waals surface area contributed by atoms with Gasteiger partial charge in [-0.05, 0) is 14.0 Å². The highest BCUT2D eigenvalue weighted by molar-refractivity contribution is 5.20. The molecule has 0 saturated carbocycles. The highest BCUT2D eigenvalue weighted by atomic mass is 19.4. The molecule has 1 aromatic heterocycles. The highest BCUT2D eigenvalue weighted by Gasteiger charge is 2.37. The van der Waals surface area contributed by atoms with E-state index in [2.05, 4.69) is 5.10 Å². The Kier molecular flexibility index (Phi) is 4.16. The minimum absolute atomic E-state index is 0.0991. The molecule has 0 aliphatic carbocycles. The molecule has 0 aromatic carbocycles. The molecule has 1 N–H and O–H groups in total. The molecule has 1 aromatic rings. The summed E-state index contributed by atoms with van der Waals surface area (Å²) < 4.78 is 39.1. The second-order valence-corrected chi connectivity index (χ2v) is 4.09. The van der Waals surface area contributed by atoms with Crippen LogP contribution in [0.2, 0.25) is 0 Å². The number of aryl methyl sites for hydroxylation is 1. The predicted octanol–water partition coefficient (Wildman–Crippen LogP) is 1.25. The first-order valence-electron chi connectivity index (χ1n) is 5.16. The van der Waals surface area contributed by atoms with Gasteiger partial charge in [-0.3, -0.25) is 9.58 Å². The molecule has 0 aliphatic heterocycles. The molecule has 0 bridgehead atoms. The number of aliphatic hydroxyl groups is 1. The van der Waals surface area contributed by atoms with Crippen molar-refractivity contribution in [2.45, 2.75) is 25.7 Å². The van der Waals surface area contributed by atoms with Gasteiger partial charge in [0.15, 0.2) is 0 Å². The summed E-state index contributed by atoms with van der Waals surface area (Å²) in [7, 11) is 2.93. The van der Waals surface area contributed by atoms with Crippen LogP contribution in [-0.2, 0) is 19.8 Å². The number of rotatable bonds is 4. The lowest BCUT2D eigenvalue weighted by atomic mass is 10.2. The van der Waals surface area contributed by atoms with Crippen LogP contribution in [0, 0.1) is 0 Å². The van der Waals surface area contributed by atoms with Gasteiger partial charge in [-0.1, -0.05) is 0 Å². The van der Waals surface area contributed by atoms with Crippen LogP contribution in [0.15, 0.2) is 6.20 Å². The molecule has 1 heterocycles. The van der Waals surface area contributed by atoms with Gasteiger partial charge >= 0.3 is 6.18 Å². The average molecular weight is 251 g/mol. The average Bonchev–Trinajstić information content (AvgIpc) is 2.57. The van der Waals surface area contributed by atoms with Crippen LogP contribution >= 0.6 is 0 Å². The quantitative estimate of drug-likeness (QED) is 0.875. The van der Waals surface area contributed by atoms with Crippen molar-refractivity contribution in [1.82, 2.24) is 14.7 Å². The van der Waals surface area contributed by atoms with Crippen molar-refractivity contribution >= 4 is 0 Å². The Labute approximate surface area is 97.6 Å². The zero-order valence-electron chi connectivity index (χ0n) is 9.99. The summed E-state index contributed by atoms with van der Waals surface area (Å²) in [5.41, 5.74) is -0.628. The lowest BCUT2D eigenvalue weighted by Gasteiger charge is -2.23. The monoisotopic (exact) mass is 251 g/mol. The maximum absolute atomic E-state index is 12.7. The molecule has 1 atom stereocenters. The van der Waals surface area contributed by atoms with E-state index in [-0.39, 0.29) is 24.8 Å². The Morgan fingerprint density at radius 2 is 2.12 bits per heavy atom. The molecule has 1 rings (SSSR count). The predicted molar refractivity (Wildman–Crippen MR) is 56.2 cm³/mol. The van der Waals surface area contributed by atoms with Gasteiger partial charge < -0.3 is 5.11 Å². The van der Waals surface area contributed by atoms with E-state index in [9.17, 15) is 13.2 Å². The third-order valence-electron chi connectivity index (χ3n) is 2.72. The fourth-order valence-corrected chi connectivity index (χ4v) is 1.53. The van der Waals surface area contributed by atoms with Crippen molar-refractivity contribution < 1.29 is 18.3 Å². The summed E-state index contributed by atoms with van der Waals surface area (Å²) in [5.74, 6) is 0. The minimum Gasteiger partial charge on any atom is -0.395 e. The Bertz CT molecular complexity index is 375. The molecule has 4 nitrogen and oxygen atoms in total. The summed E-state index contributed by atoms with van der Waals surface area (Å²) in [5, 5.41) is 12.6. The molecule has 17 heavy (non-hydrogen) atoms. The fourth-order valence-electron chi connectivity index (χ4n) is 1.53. The van der Waals surface area contributed by atoms with Gasteiger partial charge in [-0.25, -0.2) is 0 Å². The van der Waals surface area contributed by atoms with Crippen LogP contribution in [0.1, 0.15) is 18.2 Å². The van der Waals surface area contributed by atoms with Crippen LogP contribution < -0.4 is 0 Å². The standard InChI is InChI=1S/C10H16F3N3O/c1-7(6-17)15(2)5-8-4-14-16(3)9(8)10(11,12)13/h4,7,17H,5-6H2,1-3H3. The molecule has 0 spiro atoms. The second kappa shape index (κ2) is 5.05. The number of likely N-dealkylation sites (N-methyl/N-ethyl adjacent to an activating group) is 1. The first-order valence-corrected chi connectivity index (χ1v) is 5.16. The summed E-state index contributed by atoms with van der Waals surface area (Å²) in [6.45, 7) is 1.74. The summed E-state index contributed by atoms with van der Waals surface area (Å²) in [4.78, 5) is 1.65. The van der Waals surface area contributed by atoms with E-state index in [1.165, 1.54) is 13.2 Å². The van der Waals surface area contributed by atoms with E-state index >= 15 is 0 Å². The van der Waals surface area contributed by atoms with Crippen LogP contribution in [0.5, 0.6) is 0 Å². The summed E-state index contributed by atoms with van der Waals surface area (Å²) in [6, 6.07) is -0.198. The number of alkyl halides is 3. The third-order valence-corrected chi connectivity index (χ3v) is 2.72. The van der Waals surface area contributed by atoms with Crippen molar-refractivity contribution in [2.24, 2.45) is 7.05 Å². The molecule has 0 fully saturated rings. The Balaban J connectivity index is 2.93. The number of hydrogen-bond acceptors (Lipinski definition) is 3. The molecule has 0 amide bonds. The maximum atomic E-state index is 12.7. The Morgan fingerprint density at radius 1 is 1.53 bits per heavy atom. The van der Waals surface area contributed by atoms with Gasteiger partial charge in [0.25, 0.3) is 0 Å². The van der Waals surface area contributed by atoms with E-state index in [1.54, 1.807) is 18.9 Å². The van der Waals surface area contributed by atoms with Gasteiger partial charge in [0.1, 0.15) is 5.69 Å².